The number of benzene rings is 1. The van der Waals surface area contributed by atoms with E-state index in [4.69, 9.17) is 5.11 Å². The number of nitrogens with zero attached hydrogens (tertiary/aromatic N) is 1. The minimum absolute atomic E-state index is 0.116. The quantitative estimate of drug-likeness (QED) is 0.723. The molecule has 0 aromatic heterocycles. The molecule has 0 aliphatic heterocycles. The minimum Gasteiger partial charge on any atom is -0.481 e. The van der Waals surface area contributed by atoms with Gasteiger partial charge in [0.2, 0.25) is 0 Å². The van der Waals surface area contributed by atoms with Crippen LogP contribution in [-0.2, 0) is 4.79 Å². The maximum Gasteiger partial charge on any atom is 0.321 e. The number of unbranched alkanes of at least 4 members (excludes halogenated alkanes) is 3. The summed E-state index contributed by atoms with van der Waals surface area (Å²) in [5.41, 5.74) is 1.96. The monoisotopic (exact) mass is 292 g/mol. The largest absolute Gasteiger partial charge is 0.481 e. The van der Waals surface area contributed by atoms with Gasteiger partial charge in [-0.1, -0.05) is 31.0 Å². The maximum absolute atomic E-state index is 12.0. The SMILES string of the molecule is Cc1ccccc1N(C)C(=O)NCCCCCCC(=O)O. The number of hydrogen-bond donors (Lipinski definition) is 2. The first-order valence-electron chi connectivity index (χ1n) is 7.31. The molecule has 0 atom stereocenters. The van der Waals surface area contributed by atoms with Gasteiger partial charge >= 0.3 is 12.0 Å². The molecule has 5 heteroatoms. The van der Waals surface area contributed by atoms with Crippen LogP contribution in [0.4, 0.5) is 10.5 Å². The van der Waals surface area contributed by atoms with Crippen molar-refractivity contribution < 1.29 is 14.7 Å². The molecule has 1 aromatic carbocycles. The topological polar surface area (TPSA) is 69.6 Å². The normalized spacial score (nSPS) is 10.2. The fourth-order valence-electron chi connectivity index (χ4n) is 2.12. The highest BCUT2D eigenvalue weighted by atomic mass is 16.4. The molecule has 2 N–H and O–H groups in total. The smallest absolute Gasteiger partial charge is 0.321 e. The van der Waals surface area contributed by atoms with Crippen molar-refractivity contribution in [3.05, 3.63) is 29.8 Å². The number of carbonyl (C=O) groups excluding carboxylic acids is 1. The van der Waals surface area contributed by atoms with Gasteiger partial charge in [-0.2, -0.15) is 0 Å². The number of carboxylic acid groups (broad SMARTS) is 1. The van der Waals surface area contributed by atoms with Gasteiger partial charge in [0.1, 0.15) is 0 Å². The Morgan fingerprint density at radius 1 is 1.14 bits per heavy atom. The molecular formula is C16H24N2O3. The molecule has 0 bridgehead atoms. The zero-order chi connectivity index (χ0) is 15.7. The van der Waals surface area contributed by atoms with E-state index in [1.165, 1.54) is 0 Å². The second kappa shape index (κ2) is 9.00. The molecule has 5 nitrogen and oxygen atoms in total. The zero-order valence-electron chi connectivity index (χ0n) is 12.8. The molecule has 116 valence electrons. The summed E-state index contributed by atoms with van der Waals surface area (Å²) in [6, 6.07) is 7.63. The summed E-state index contributed by atoms with van der Waals surface area (Å²) >= 11 is 0. The summed E-state index contributed by atoms with van der Waals surface area (Å²) in [6.45, 7) is 2.59. The van der Waals surface area contributed by atoms with Crippen LogP contribution in [0.1, 0.15) is 37.7 Å². The van der Waals surface area contributed by atoms with Gasteiger partial charge in [-0.3, -0.25) is 9.69 Å². The predicted octanol–water partition coefficient (Wildman–Crippen LogP) is 3.18. The lowest BCUT2D eigenvalue weighted by Gasteiger charge is -2.20. The van der Waals surface area contributed by atoms with Crippen LogP contribution in [0.25, 0.3) is 0 Å². The van der Waals surface area contributed by atoms with Gasteiger partial charge in [0.25, 0.3) is 0 Å². The number of para-hydroxylation sites is 1. The van der Waals surface area contributed by atoms with E-state index in [9.17, 15) is 9.59 Å². The average molecular weight is 292 g/mol. The lowest BCUT2D eigenvalue weighted by atomic mass is 10.1. The first-order chi connectivity index (χ1) is 10.0. The van der Waals surface area contributed by atoms with Gasteiger partial charge in [0.05, 0.1) is 0 Å². The third-order valence-electron chi connectivity index (χ3n) is 3.38. The van der Waals surface area contributed by atoms with Crippen LogP contribution in [0.15, 0.2) is 24.3 Å². The molecule has 0 fully saturated rings. The van der Waals surface area contributed by atoms with Gasteiger partial charge in [-0.15, -0.1) is 0 Å². The molecule has 0 aliphatic rings. The Kier molecular flexibility index (Phi) is 7.29. The van der Waals surface area contributed by atoms with Gasteiger partial charge in [-0.25, -0.2) is 4.79 Å². The Morgan fingerprint density at radius 3 is 2.48 bits per heavy atom. The number of urea groups is 1. The molecule has 1 aromatic rings. The molecule has 0 radical (unpaired) electrons. The molecule has 0 heterocycles. The maximum atomic E-state index is 12.0. The van der Waals surface area contributed by atoms with E-state index in [0.29, 0.717) is 13.0 Å². The van der Waals surface area contributed by atoms with E-state index in [0.717, 1.165) is 30.5 Å². The number of rotatable bonds is 8. The predicted molar refractivity (Wildman–Crippen MR) is 83.7 cm³/mol. The number of amides is 2. The first kappa shape index (κ1) is 17.0. The Balaban J connectivity index is 2.22. The standard InChI is InChI=1S/C16H24N2O3/c1-13-9-6-7-10-14(13)18(2)16(21)17-12-8-4-3-5-11-15(19)20/h6-7,9-10H,3-5,8,11-12H2,1-2H3,(H,17,21)(H,19,20). The molecule has 21 heavy (non-hydrogen) atoms. The van der Waals surface area contributed by atoms with E-state index in [1.54, 1.807) is 11.9 Å². The van der Waals surface area contributed by atoms with Crippen molar-refractivity contribution in [3.63, 3.8) is 0 Å². The lowest BCUT2D eigenvalue weighted by molar-refractivity contribution is -0.137. The van der Waals surface area contributed by atoms with Gasteiger partial charge < -0.3 is 10.4 Å². The van der Waals surface area contributed by atoms with Gasteiger partial charge in [0, 0.05) is 25.7 Å². The van der Waals surface area contributed by atoms with E-state index >= 15 is 0 Å². The van der Waals surface area contributed by atoms with Crippen LogP contribution in [0, 0.1) is 6.92 Å². The third-order valence-corrected chi connectivity index (χ3v) is 3.38. The molecule has 0 saturated carbocycles. The highest BCUT2D eigenvalue weighted by Gasteiger charge is 2.11. The first-order valence-corrected chi connectivity index (χ1v) is 7.31. The molecule has 0 unspecified atom stereocenters. The van der Waals surface area contributed by atoms with E-state index in [-0.39, 0.29) is 12.5 Å². The Labute approximate surface area is 126 Å². The van der Waals surface area contributed by atoms with Crippen LogP contribution < -0.4 is 10.2 Å². The second-order valence-electron chi connectivity index (χ2n) is 5.14. The zero-order valence-corrected chi connectivity index (χ0v) is 12.8. The Morgan fingerprint density at radius 2 is 1.81 bits per heavy atom. The second-order valence-corrected chi connectivity index (χ2v) is 5.14. The summed E-state index contributed by atoms with van der Waals surface area (Å²) in [4.78, 5) is 24.0. The fraction of sp³-hybridized carbons (Fsp3) is 0.500. The highest BCUT2D eigenvalue weighted by Crippen LogP contribution is 2.17. The third kappa shape index (κ3) is 6.29. The summed E-state index contributed by atoms with van der Waals surface area (Å²) < 4.78 is 0. The number of carbonyl (C=O) groups is 2. The summed E-state index contributed by atoms with van der Waals surface area (Å²) in [6.07, 6.45) is 3.61. The number of nitrogens with one attached hydrogen (secondary N) is 1. The Bertz CT molecular complexity index is 474. The number of carboxylic acids is 1. The summed E-state index contributed by atoms with van der Waals surface area (Å²) in [7, 11) is 1.75. The molecule has 0 spiro atoms. The van der Waals surface area contributed by atoms with Crippen LogP contribution in [0.3, 0.4) is 0 Å². The summed E-state index contributed by atoms with van der Waals surface area (Å²) in [5, 5.41) is 11.4. The van der Waals surface area contributed by atoms with Crippen molar-refractivity contribution in [1.29, 1.82) is 0 Å². The summed E-state index contributed by atoms with van der Waals surface area (Å²) in [5.74, 6) is -0.747. The number of aliphatic carboxylic acids is 1. The van der Waals surface area contributed by atoms with Crippen molar-refractivity contribution >= 4 is 17.7 Å². The number of hydrogen-bond acceptors (Lipinski definition) is 2. The van der Waals surface area contributed by atoms with Crippen LogP contribution in [-0.4, -0.2) is 30.7 Å². The van der Waals surface area contributed by atoms with Gasteiger partial charge in [-0.05, 0) is 31.4 Å². The van der Waals surface area contributed by atoms with Gasteiger partial charge in [0.15, 0.2) is 0 Å². The molecular weight excluding hydrogens is 268 g/mol. The highest BCUT2D eigenvalue weighted by molar-refractivity contribution is 5.92. The number of anilines is 1. The van der Waals surface area contributed by atoms with Crippen LogP contribution in [0.5, 0.6) is 0 Å². The Hall–Kier alpha value is -2.04. The van der Waals surface area contributed by atoms with Crippen LogP contribution >= 0.6 is 0 Å². The fourth-order valence-corrected chi connectivity index (χ4v) is 2.12. The number of aryl methyl sites for hydroxylation is 1. The van der Waals surface area contributed by atoms with Crippen LogP contribution in [0.2, 0.25) is 0 Å². The molecule has 1 rings (SSSR count). The van der Waals surface area contributed by atoms with Crippen molar-refractivity contribution in [1.82, 2.24) is 5.32 Å². The molecule has 0 aliphatic carbocycles. The van der Waals surface area contributed by atoms with Crippen molar-refractivity contribution in [2.24, 2.45) is 0 Å². The molecule has 2 amide bonds. The van der Waals surface area contributed by atoms with E-state index < -0.39 is 5.97 Å². The molecule has 0 saturated heterocycles. The van der Waals surface area contributed by atoms with E-state index in [2.05, 4.69) is 5.32 Å². The van der Waals surface area contributed by atoms with E-state index in [1.807, 2.05) is 31.2 Å². The van der Waals surface area contributed by atoms with Crippen molar-refractivity contribution in [3.8, 4) is 0 Å². The lowest BCUT2D eigenvalue weighted by Crippen LogP contribution is -2.38. The van der Waals surface area contributed by atoms with Crippen molar-refractivity contribution in [2.75, 3.05) is 18.5 Å². The van der Waals surface area contributed by atoms with Crippen molar-refractivity contribution in [2.45, 2.75) is 39.0 Å². The minimum atomic E-state index is -0.747. The average Bonchev–Trinajstić information content (AvgIpc) is 2.45.